The van der Waals surface area contributed by atoms with Gasteiger partial charge in [0.05, 0.1) is 19.3 Å². The first-order chi connectivity index (χ1) is 8.56. The summed E-state index contributed by atoms with van der Waals surface area (Å²) in [5.74, 6) is 0. The van der Waals surface area contributed by atoms with Gasteiger partial charge >= 0.3 is 0 Å². The highest BCUT2D eigenvalue weighted by molar-refractivity contribution is 4.83. The number of unbranched alkanes of at least 4 members (excludes halogenated alkanes) is 1. The van der Waals surface area contributed by atoms with Gasteiger partial charge in [-0.1, -0.05) is 13.8 Å². The summed E-state index contributed by atoms with van der Waals surface area (Å²) in [7, 11) is 0. The molecule has 1 fully saturated rings. The van der Waals surface area contributed by atoms with Crippen LogP contribution in [0.2, 0.25) is 0 Å². The van der Waals surface area contributed by atoms with Crippen molar-refractivity contribution in [2.45, 2.75) is 64.1 Å². The Morgan fingerprint density at radius 3 is 2.78 bits per heavy atom. The molecule has 1 rings (SSSR count). The van der Waals surface area contributed by atoms with Crippen molar-refractivity contribution < 1.29 is 14.6 Å². The maximum absolute atomic E-state index is 9.45. The molecular formula is C14H29NO3. The largest absolute Gasteiger partial charge is 0.394 e. The quantitative estimate of drug-likeness (QED) is 0.619. The van der Waals surface area contributed by atoms with Crippen LogP contribution in [0, 0.1) is 0 Å². The van der Waals surface area contributed by atoms with E-state index in [1.54, 1.807) is 0 Å². The van der Waals surface area contributed by atoms with E-state index < -0.39 is 0 Å². The molecule has 1 aliphatic rings. The monoisotopic (exact) mass is 259 g/mol. The molecule has 0 saturated carbocycles. The Labute approximate surface area is 111 Å². The maximum atomic E-state index is 9.45. The fourth-order valence-corrected chi connectivity index (χ4v) is 2.41. The van der Waals surface area contributed by atoms with Crippen LogP contribution in [0.25, 0.3) is 0 Å². The average Bonchev–Trinajstić information content (AvgIpc) is 2.80. The van der Waals surface area contributed by atoms with E-state index in [1.165, 1.54) is 0 Å². The van der Waals surface area contributed by atoms with E-state index in [4.69, 9.17) is 9.47 Å². The first-order valence-electron chi connectivity index (χ1n) is 7.13. The summed E-state index contributed by atoms with van der Waals surface area (Å²) in [6, 6.07) is 0.397. The molecule has 0 aromatic heterocycles. The van der Waals surface area contributed by atoms with Gasteiger partial charge in [0.1, 0.15) is 0 Å². The molecule has 1 heterocycles. The van der Waals surface area contributed by atoms with Crippen LogP contribution in [-0.4, -0.2) is 49.2 Å². The maximum Gasteiger partial charge on any atom is 0.0830 e. The van der Waals surface area contributed by atoms with Crippen molar-refractivity contribution in [1.82, 2.24) is 5.32 Å². The van der Waals surface area contributed by atoms with Crippen LogP contribution in [0.3, 0.4) is 0 Å². The summed E-state index contributed by atoms with van der Waals surface area (Å²) in [6.07, 6.45) is 4.44. The van der Waals surface area contributed by atoms with Crippen LogP contribution in [0.1, 0.15) is 46.5 Å². The van der Waals surface area contributed by atoms with Crippen molar-refractivity contribution in [1.29, 1.82) is 0 Å². The summed E-state index contributed by atoms with van der Waals surface area (Å²) in [4.78, 5) is 0. The van der Waals surface area contributed by atoms with Crippen molar-refractivity contribution in [2.75, 3.05) is 26.4 Å². The molecule has 0 bridgehead atoms. The van der Waals surface area contributed by atoms with Crippen molar-refractivity contribution in [3.8, 4) is 0 Å². The van der Waals surface area contributed by atoms with Crippen molar-refractivity contribution >= 4 is 0 Å². The Morgan fingerprint density at radius 2 is 2.22 bits per heavy atom. The van der Waals surface area contributed by atoms with Gasteiger partial charge in [-0.15, -0.1) is 0 Å². The molecular weight excluding hydrogens is 230 g/mol. The van der Waals surface area contributed by atoms with Crippen molar-refractivity contribution in [3.63, 3.8) is 0 Å². The third-order valence-corrected chi connectivity index (χ3v) is 3.35. The summed E-state index contributed by atoms with van der Waals surface area (Å²) in [6.45, 7) is 8.88. The van der Waals surface area contributed by atoms with Crippen molar-refractivity contribution in [3.05, 3.63) is 0 Å². The Bertz CT molecular complexity index is 217. The molecule has 0 aliphatic carbocycles. The molecule has 108 valence electrons. The van der Waals surface area contributed by atoms with Crippen LogP contribution in [0.5, 0.6) is 0 Å². The normalized spacial score (nSPS) is 23.5. The van der Waals surface area contributed by atoms with Gasteiger partial charge < -0.3 is 19.9 Å². The number of rotatable bonds is 9. The summed E-state index contributed by atoms with van der Waals surface area (Å²) < 4.78 is 11.0. The predicted molar refractivity (Wildman–Crippen MR) is 72.8 cm³/mol. The van der Waals surface area contributed by atoms with Gasteiger partial charge in [-0.2, -0.15) is 0 Å². The van der Waals surface area contributed by atoms with Gasteiger partial charge in [0.25, 0.3) is 0 Å². The zero-order valence-electron chi connectivity index (χ0n) is 12.1. The number of hydrogen-bond acceptors (Lipinski definition) is 4. The number of ether oxygens (including phenoxy) is 2. The van der Waals surface area contributed by atoms with Gasteiger partial charge in [-0.05, 0) is 32.6 Å². The zero-order valence-corrected chi connectivity index (χ0v) is 12.1. The van der Waals surface area contributed by atoms with Crippen LogP contribution in [0.4, 0.5) is 0 Å². The number of aliphatic hydroxyl groups is 1. The average molecular weight is 259 g/mol. The molecule has 0 aromatic carbocycles. The molecule has 1 saturated heterocycles. The van der Waals surface area contributed by atoms with E-state index >= 15 is 0 Å². The molecule has 0 radical (unpaired) electrons. The molecule has 2 unspecified atom stereocenters. The minimum absolute atomic E-state index is 0.162. The summed E-state index contributed by atoms with van der Waals surface area (Å²) >= 11 is 0. The van der Waals surface area contributed by atoms with Crippen LogP contribution in [0.15, 0.2) is 0 Å². The van der Waals surface area contributed by atoms with Gasteiger partial charge in [0.2, 0.25) is 0 Å². The Kier molecular flexibility index (Phi) is 7.15. The molecule has 4 heteroatoms. The standard InChI is InChI=1S/C14H29NO3/c1-12(2)15-14(3,11-16)7-4-5-8-18-13-6-9-17-10-13/h12-13,15-16H,4-11H2,1-3H3. The molecule has 18 heavy (non-hydrogen) atoms. The van der Waals surface area contributed by atoms with Gasteiger partial charge in [-0.3, -0.25) is 0 Å². The topological polar surface area (TPSA) is 50.7 Å². The van der Waals surface area contributed by atoms with Crippen LogP contribution >= 0.6 is 0 Å². The number of hydrogen-bond donors (Lipinski definition) is 2. The first-order valence-corrected chi connectivity index (χ1v) is 7.13. The molecule has 0 spiro atoms. The molecule has 0 amide bonds. The van der Waals surface area contributed by atoms with E-state index in [0.29, 0.717) is 12.1 Å². The lowest BCUT2D eigenvalue weighted by Gasteiger charge is -2.31. The number of nitrogens with one attached hydrogen (secondary N) is 1. The van der Waals surface area contributed by atoms with E-state index in [1.807, 2.05) is 0 Å². The van der Waals surface area contributed by atoms with E-state index in [2.05, 4.69) is 26.1 Å². The fraction of sp³-hybridized carbons (Fsp3) is 1.00. The Hall–Kier alpha value is -0.160. The second kappa shape index (κ2) is 8.10. The van der Waals surface area contributed by atoms with E-state index in [9.17, 15) is 5.11 Å². The highest BCUT2D eigenvalue weighted by atomic mass is 16.5. The van der Waals surface area contributed by atoms with E-state index in [0.717, 1.165) is 45.5 Å². The lowest BCUT2D eigenvalue weighted by Crippen LogP contribution is -2.49. The molecule has 0 aromatic rings. The van der Waals surface area contributed by atoms with E-state index in [-0.39, 0.29) is 12.1 Å². The third kappa shape index (κ3) is 6.14. The second-order valence-corrected chi connectivity index (χ2v) is 5.83. The molecule has 2 N–H and O–H groups in total. The Morgan fingerprint density at radius 1 is 1.44 bits per heavy atom. The number of aliphatic hydroxyl groups excluding tert-OH is 1. The van der Waals surface area contributed by atoms with Gasteiger partial charge in [0, 0.05) is 24.8 Å². The molecule has 1 aliphatic heterocycles. The molecule has 2 atom stereocenters. The molecule has 4 nitrogen and oxygen atoms in total. The fourth-order valence-electron chi connectivity index (χ4n) is 2.41. The highest BCUT2D eigenvalue weighted by Gasteiger charge is 2.23. The smallest absolute Gasteiger partial charge is 0.0830 e. The van der Waals surface area contributed by atoms with Crippen LogP contribution in [-0.2, 0) is 9.47 Å². The minimum atomic E-state index is -0.162. The lowest BCUT2D eigenvalue weighted by molar-refractivity contribution is 0.0391. The minimum Gasteiger partial charge on any atom is -0.394 e. The van der Waals surface area contributed by atoms with Crippen molar-refractivity contribution in [2.24, 2.45) is 0 Å². The third-order valence-electron chi connectivity index (χ3n) is 3.35. The predicted octanol–water partition coefficient (Wildman–Crippen LogP) is 1.71. The summed E-state index contributed by atoms with van der Waals surface area (Å²) in [5.41, 5.74) is -0.162. The Balaban J connectivity index is 2.07. The second-order valence-electron chi connectivity index (χ2n) is 5.83. The summed E-state index contributed by atoms with van der Waals surface area (Å²) in [5, 5.41) is 12.9. The first kappa shape index (κ1) is 15.9. The van der Waals surface area contributed by atoms with Crippen LogP contribution < -0.4 is 5.32 Å². The van der Waals surface area contributed by atoms with Gasteiger partial charge in [0.15, 0.2) is 0 Å². The highest BCUT2D eigenvalue weighted by Crippen LogP contribution is 2.15. The van der Waals surface area contributed by atoms with Gasteiger partial charge in [-0.25, -0.2) is 0 Å². The zero-order chi connectivity index (χ0) is 13.4. The SMILES string of the molecule is CC(C)NC(C)(CO)CCCCOC1CCOC1. The lowest BCUT2D eigenvalue weighted by atomic mass is 9.95.